The summed E-state index contributed by atoms with van der Waals surface area (Å²) in [5.41, 5.74) is 1.30. The molecule has 0 saturated carbocycles. The number of allylic oxidation sites excluding steroid dienone is 2. The van der Waals surface area contributed by atoms with Gasteiger partial charge in [-0.05, 0) is 26.2 Å². The molecule has 0 bridgehead atoms. The monoisotopic (exact) mass is 154 g/mol. The Bertz CT molecular complexity index is 143. The van der Waals surface area contributed by atoms with Gasteiger partial charge in [0, 0.05) is 0 Å². The zero-order valence-corrected chi connectivity index (χ0v) is 7.67. The molecule has 0 amide bonds. The molecule has 1 heteroatoms. The second-order valence-electron chi connectivity index (χ2n) is 3.22. The molecule has 0 fully saturated rings. The Morgan fingerprint density at radius 3 is 2.45 bits per heavy atom. The molecular weight excluding hydrogens is 136 g/mol. The van der Waals surface area contributed by atoms with Gasteiger partial charge >= 0.3 is 0 Å². The van der Waals surface area contributed by atoms with E-state index in [1.165, 1.54) is 5.57 Å². The van der Waals surface area contributed by atoms with Crippen molar-refractivity contribution in [3.63, 3.8) is 0 Å². The maximum atomic E-state index is 9.29. The maximum absolute atomic E-state index is 9.29. The summed E-state index contributed by atoms with van der Waals surface area (Å²) in [6.45, 7) is 9.68. The van der Waals surface area contributed by atoms with E-state index in [0.29, 0.717) is 0 Å². The van der Waals surface area contributed by atoms with Crippen LogP contribution in [0.5, 0.6) is 0 Å². The molecule has 64 valence electrons. The van der Waals surface area contributed by atoms with E-state index >= 15 is 0 Å². The summed E-state index contributed by atoms with van der Waals surface area (Å²) < 4.78 is 0. The fraction of sp³-hybridized carbons (Fsp3) is 0.600. The van der Waals surface area contributed by atoms with Gasteiger partial charge in [-0.2, -0.15) is 0 Å². The molecule has 1 nitrogen and oxygen atoms in total. The van der Waals surface area contributed by atoms with Crippen molar-refractivity contribution in [1.29, 1.82) is 0 Å². The van der Waals surface area contributed by atoms with Gasteiger partial charge < -0.3 is 5.11 Å². The number of rotatable bonds is 4. The molecule has 2 unspecified atom stereocenters. The summed E-state index contributed by atoms with van der Waals surface area (Å²) in [7, 11) is 0. The van der Waals surface area contributed by atoms with E-state index in [-0.39, 0.29) is 12.0 Å². The first-order valence-corrected chi connectivity index (χ1v) is 4.02. The van der Waals surface area contributed by atoms with E-state index in [1.54, 1.807) is 6.08 Å². The lowest BCUT2D eigenvalue weighted by Crippen LogP contribution is -2.13. The molecule has 0 rings (SSSR count). The average Bonchev–Trinajstić information content (AvgIpc) is 1.98. The van der Waals surface area contributed by atoms with Crippen LogP contribution in [0.2, 0.25) is 0 Å². The fourth-order valence-electron chi connectivity index (χ4n) is 0.793. The molecule has 1 N–H and O–H groups in total. The van der Waals surface area contributed by atoms with Crippen LogP contribution in [0.4, 0.5) is 0 Å². The Hall–Kier alpha value is -0.560. The number of hydrogen-bond acceptors (Lipinski definition) is 1. The molecule has 0 aromatic heterocycles. The summed E-state index contributed by atoms with van der Waals surface area (Å²) in [5, 5.41) is 9.29. The first kappa shape index (κ1) is 10.4. The summed E-state index contributed by atoms with van der Waals surface area (Å²) in [6.07, 6.45) is 4.28. The number of hydrogen-bond donors (Lipinski definition) is 1. The lowest BCUT2D eigenvalue weighted by Gasteiger charge is -2.12. The highest BCUT2D eigenvalue weighted by molar-refractivity contribution is 4.96. The fourth-order valence-corrected chi connectivity index (χ4v) is 0.793. The van der Waals surface area contributed by atoms with E-state index < -0.39 is 0 Å². The van der Waals surface area contributed by atoms with Crippen molar-refractivity contribution in [3.8, 4) is 0 Å². The van der Waals surface area contributed by atoms with E-state index in [1.807, 2.05) is 6.92 Å². The largest absolute Gasteiger partial charge is 0.389 e. The second kappa shape index (κ2) is 5.14. The molecule has 0 radical (unpaired) electrons. The minimum atomic E-state index is -0.370. The third kappa shape index (κ3) is 4.79. The highest BCUT2D eigenvalue weighted by Crippen LogP contribution is 2.10. The third-order valence-corrected chi connectivity index (χ3v) is 1.72. The molecule has 0 aliphatic rings. The average molecular weight is 154 g/mol. The highest BCUT2D eigenvalue weighted by Gasteiger charge is 2.07. The second-order valence-corrected chi connectivity index (χ2v) is 3.22. The van der Waals surface area contributed by atoms with Crippen molar-refractivity contribution in [1.82, 2.24) is 0 Å². The van der Waals surface area contributed by atoms with Gasteiger partial charge in [0.15, 0.2) is 0 Å². The van der Waals surface area contributed by atoms with Crippen molar-refractivity contribution in [2.24, 2.45) is 5.92 Å². The first-order valence-electron chi connectivity index (χ1n) is 4.02. The van der Waals surface area contributed by atoms with Gasteiger partial charge in [0.1, 0.15) is 0 Å². The van der Waals surface area contributed by atoms with Crippen LogP contribution >= 0.6 is 0 Å². The van der Waals surface area contributed by atoms with Crippen molar-refractivity contribution >= 4 is 0 Å². The standard InChI is InChI=1S/C10H18O/c1-5-10(11)9(4)7-6-8(2)3/h5-6,9-11H,1,7H2,2-4H3. The van der Waals surface area contributed by atoms with E-state index in [0.717, 1.165) is 6.42 Å². The minimum Gasteiger partial charge on any atom is -0.389 e. The Labute approximate surface area is 69.4 Å². The number of aliphatic hydroxyl groups is 1. The van der Waals surface area contributed by atoms with Crippen LogP contribution < -0.4 is 0 Å². The Kier molecular flexibility index (Phi) is 4.88. The quantitative estimate of drug-likeness (QED) is 0.617. The minimum absolute atomic E-state index is 0.280. The molecule has 0 aliphatic carbocycles. The predicted octanol–water partition coefficient (Wildman–Crippen LogP) is 2.53. The first-order chi connectivity index (χ1) is 5.07. The van der Waals surface area contributed by atoms with Gasteiger partial charge in [-0.1, -0.05) is 24.6 Å². The van der Waals surface area contributed by atoms with Crippen LogP contribution in [0.1, 0.15) is 27.2 Å². The van der Waals surface area contributed by atoms with Gasteiger partial charge in [0.2, 0.25) is 0 Å². The molecule has 11 heavy (non-hydrogen) atoms. The van der Waals surface area contributed by atoms with E-state index in [2.05, 4.69) is 26.5 Å². The molecule has 0 spiro atoms. The highest BCUT2D eigenvalue weighted by atomic mass is 16.3. The normalized spacial score (nSPS) is 15.3. The van der Waals surface area contributed by atoms with Crippen molar-refractivity contribution in [3.05, 3.63) is 24.3 Å². The zero-order valence-electron chi connectivity index (χ0n) is 7.67. The van der Waals surface area contributed by atoms with Crippen LogP contribution in [-0.2, 0) is 0 Å². The van der Waals surface area contributed by atoms with Crippen LogP contribution in [0, 0.1) is 5.92 Å². The maximum Gasteiger partial charge on any atom is 0.0746 e. The zero-order chi connectivity index (χ0) is 8.85. The lowest BCUT2D eigenvalue weighted by molar-refractivity contribution is 0.164. The molecule has 0 aromatic carbocycles. The Morgan fingerprint density at radius 2 is 2.09 bits per heavy atom. The van der Waals surface area contributed by atoms with Crippen molar-refractivity contribution < 1.29 is 5.11 Å². The summed E-state index contributed by atoms with van der Waals surface area (Å²) in [6, 6.07) is 0. The molecule has 0 saturated heterocycles. The Morgan fingerprint density at radius 1 is 1.55 bits per heavy atom. The molecule has 2 atom stereocenters. The van der Waals surface area contributed by atoms with Gasteiger partial charge in [0.25, 0.3) is 0 Å². The van der Waals surface area contributed by atoms with Crippen LogP contribution in [0.25, 0.3) is 0 Å². The summed E-state index contributed by atoms with van der Waals surface area (Å²) in [4.78, 5) is 0. The predicted molar refractivity (Wildman–Crippen MR) is 49.4 cm³/mol. The summed E-state index contributed by atoms with van der Waals surface area (Å²) >= 11 is 0. The van der Waals surface area contributed by atoms with Crippen LogP contribution in [0.3, 0.4) is 0 Å². The van der Waals surface area contributed by atoms with E-state index in [4.69, 9.17) is 0 Å². The van der Waals surface area contributed by atoms with Gasteiger partial charge in [-0.15, -0.1) is 6.58 Å². The summed E-state index contributed by atoms with van der Waals surface area (Å²) in [5.74, 6) is 0.280. The van der Waals surface area contributed by atoms with Gasteiger partial charge in [-0.25, -0.2) is 0 Å². The Balaban J connectivity index is 3.77. The SMILES string of the molecule is C=CC(O)C(C)CC=C(C)C. The number of aliphatic hydroxyl groups excluding tert-OH is 1. The lowest BCUT2D eigenvalue weighted by atomic mass is 10.00. The van der Waals surface area contributed by atoms with Crippen LogP contribution in [-0.4, -0.2) is 11.2 Å². The molecule has 0 aromatic rings. The van der Waals surface area contributed by atoms with E-state index in [9.17, 15) is 5.11 Å². The molecule has 0 aliphatic heterocycles. The van der Waals surface area contributed by atoms with Gasteiger partial charge in [-0.3, -0.25) is 0 Å². The third-order valence-electron chi connectivity index (χ3n) is 1.72. The van der Waals surface area contributed by atoms with Crippen LogP contribution in [0.15, 0.2) is 24.3 Å². The van der Waals surface area contributed by atoms with Crippen molar-refractivity contribution in [2.75, 3.05) is 0 Å². The van der Waals surface area contributed by atoms with Crippen molar-refractivity contribution in [2.45, 2.75) is 33.3 Å². The van der Waals surface area contributed by atoms with Gasteiger partial charge in [0.05, 0.1) is 6.10 Å². The molecular formula is C10H18O. The smallest absolute Gasteiger partial charge is 0.0746 e. The topological polar surface area (TPSA) is 20.2 Å². The molecule has 0 heterocycles.